The van der Waals surface area contributed by atoms with E-state index in [1.54, 1.807) is 0 Å². The number of hydrogen-bond donors (Lipinski definition) is 1. The Hall–Kier alpha value is -1.03. The van der Waals surface area contributed by atoms with Crippen molar-refractivity contribution in [1.82, 2.24) is 5.32 Å². The van der Waals surface area contributed by atoms with Crippen LogP contribution >= 0.6 is 0 Å². The lowest BCUT2D eigenvalue weighted by Gasteiger charge is -2.51. The zero-order valence-corrected chi connectivity index (χ0v) is 10.7. The van der Waals surface area contributed by atoms with Crippen molar-refractivity contribution in [2.75, 3.05) is 6.54 Å². The normalized spacial score (nSPS) is 35.1. The highest BCUT2D eigenvalue weighted by atomic mass is 19.4. The van der Waals surface area contributed by atoms with Gasteiger partial charge in [0, 0.05) is 5.41 Å². The first kappa shape index (κ1) is 13.0. The lowest BCUT2D eigenvalue weighted by Crippen LogP contribution is -2.63. The fourth-order valence-corrected chi connectivity index (χ4v) is 3.97. The van der Waals surface area contributed by atoms with Crippen molar-refractivity contribution in [2.24, 2.45) is 5.92 Å². The van der Waals surface area contributed by atoms with E-state index in [1.807, 2.05) is 30.3 Å². The first-order valence-corrected chi connectivity index (χ1v) is 6.88. The van der Waals surface area contributed by atoms with Gasteiger partial charge in [-0.25, -0.2) is 0 Å². The molecule has 1 aromatic rings. The fourth-order valence-electron chi connectivity index (χ4n) is 3.97. The van der Waals surface area contributed by atoms with Crippen LogP contribution in [-0.2, 0) is 5.41 Å². The summed E-state index contributed by atoms with van der Waals surface area (Å²) in [6, 6.07) is 7.85. The standard InChI is InChI=1S/C15H18F3N/c16-15(17,18)13-14(12-6-2-1-3-7-12)8-4-5-11(9-14)10-19-13/h1-3,6-7,11,13,19H,4-5,8-10H2. The molecule has 2 fully saturated rings. The summed E-state index contributed by atoms with van der Waals surface area (Å²) < 4.78 is 40.2. The molecule has 1 aromatic carbocycles. The van der Waals surface area contributed by atoms with Gasteiger partial charge in [0.25, 0.3) is 0 Å². The Balaban J connectivity index is 2.05. The van der Waals surface area contributed by atoms with Gasteiger partial charge in [-0.3, -0.25) is 0 Å². The van der Waals surface area contributed by atoms with Gasteiger partial charge in [-0.05, 0) is 37.3 Å². The number of hydrogen-bond acceptors (Lipinski definition) is 1. The number of halogens is 3. The minimum atomic E-state index is -4.18. The third kappa shape index (κ3) is 2.16. The molecule has 1 aliphatic heterocycles. The minimum absolute atomic E-state index is 0.382. The molecule has 0 radical (unpaired) electrons. The van der Waals surface area contributed by atoms with Crippen molar-refractivity contribution in [3.05, 3.63) is 35.9 Å². The average Bonchev–Trinajstić information content (AvgIpc) is 2.38. The number of fused-ring (bicyclic) bond motifs is 2. The molecule has 1 nitrogen and oxygen atoms in total. The van der Waals surface area contributed by atoms with Crippen molar-refractivity contribution in [2.45, 2.75) is 43.3 Å². The van der Waals surface area contributed by atoms with E-state index in [1.165, 1.54) is 0 Å². The van der Waals surface area contributed by atoms with E-state index >= 15 is 0 Å². The van der Waals surface area contributed by atoms with Crippen LogP contribution in [0.1, 0.15) is 31.2 Å². The summed E-state index contributed by atoms with van der Waals surface area (Å²) in [7, 11) is 0. The lowest BCUT2D eigenvalue weighted by molar-refractivity contribution is -0.185. The second kappa shape index (κ2) is 4.51. The van der Waals surface area contributed by atoms with Crippen LogP contribution in [0.5, 0.6) is 0 Å². The van der Waals surface area contributed by atoms with Gasteiger partial charge in [0.15, 0.2) is 0 Å². The molecule has 4 heteroatoms. The van der Waals surface area contributed by atoms with E-state index in [0.717, 1.165) is 18.4 Å². The van der Waals surface area contributed by atoms with E-state index in [9.17, 15) is 13.2 Å². The molecule has 0 amide bonds. The van der Waals surface area contributed by atoms with Gasteiger partial charge in [-0.15, -0.1) is 0 Å². The predicted molar refractivity (Wildman–Crippen MR) is 67.9 cm³/mol. The first-order chi connectivity index (χ1) is 9.02. The minimum Gasteiger partial charge on any atom is -0.305 e. The summed E-state index contributed by atoms with van der Waals surface area (Å²) in [6.45, 7) is 0.499. The Morgan fingerprint density at radius 2 is 1.89 bits per heavy atom. The third-order valence-corrected chi connectivity index (χ3v) is 4.73. The molecule has 3 rings (SSSR count). The van der Waals surface area contributed by atoms with Gasteiger partial charge in [-0.1, -0.05) is 36.8 Å². The third-order valence-electron chi connectivity index (χ3n) is 4.73. The Morgan fingerprint density at radius 1 is 1.16 bits per heavy atom. The monoisotopic (exact) mass is 269 g/mol. The number of nitrogens with one attached hydrogen (secondary N) is 1. The molecule has 1 heterocycles. The Bertz CT molecular complexity index is 442. The highest BCUT2D eigenvalue weighted by Crippen LogP contribution is 2.50. The van der Waals surface area contributed by atoms with Gasteiger partial charge >= 0.3 is 6.18 Å². The van der Waals surface area contributed by atoms with Gasteiger partial charge in [-0.2, -0.15) is 13.2 Å². The number of piperidine rings is 1. The van der Waals surface area contributed by atoms with Crippen LogP contribution in [0, 0.1) is 5.92 Å². The number of rotatable bonds is 1. The largest absolute Gasteiger partial charge is 0.404 e. The van der Waals surface area contributed by atoms with E-state index in [0.29, 0.717) is 25.3 Å². The van der Waals surface area contributed by atoms with Crippen molar-refractivity contribution in [3.63, 3.8) is 0 Å². The van der Waals surface area contributed by atoms with Crippen LogP contribution < -0.4 is 5.32 Å². The summed E-state index contributed by atoms with van der Waals surface area (Å²) in [5.41, 5.74) is 0.0787. The number of benzene rings is 1. The molecular formula is C15H18F3N. The van der Waals surface area contributed by atoms with Crippen LogP contribution in [0.25, 0.3) is 0 Å². The van der Waals surface area contributed by atoms with Crippen LogP contribution in [0.4, 0.5) is 13.2 Å². The zero-order chi connectivity index (χ0) is 13.5. The maximum atomic E-state index is 13.4. The molecule has 3 atom stereocenters. The molecule has 1 N–H and O–H groups in total. The van der Waals surface area contributed by atoms with Crippen molar-refractivity contribution < 1.29 is 13.2 Å². The molecule has 2 bridgehead atoms. The topological polar surface area (TPSA) is 12.0 Å². The zero-order valence-electron chi connectivity index (χ0n) is 10.7. The van der Waals surface area contributed by atoms with Crippen molar-refractivity contribution >= 4 is 0 Å². The molecule has 104 valence electrons. The Kier molecular flexibility index (Phi) is 3.08. The molecule has 0 spiro atoms. The molecule has 19 heavy (non-hydrogen) atoms. The second-order valence-corrected chi connectivity index (χ2v) is 5.87. The maximum Gasteiger partial charge on any atom is 0.404 e. The average molecular weight is 269 g/mol. The molecule has 2 aliphatic rings. The van der Waals surface area contributed by atoms with Gasteiger partial charge < -0.3 is 5.32 Å². The van der Waals surface area contributed by atoms with E-state index < -0.39 is 17.6 Å². The van der Waals surface area contributed by atoms with Crippen LogP contribution in [0.15, 0.2) is 30.3 Å². The highest BCUT2D eigenvalue weighted by molar-refractivity contribution is 5.31. The predicted octanol–water partition coefficient (Wildman–Crippen LogP) is 3.65. The molecule has 3 unspecified atom stereocenters. The first-order valence-electron chi connectivity index (χ1n) is 6.88. The van der Waals surface area contributed by atoms with Crippen molar-refractivity contribution in [3.8, 4) is 0 Å². The van der Waals surface area contributed by atoms with Crippen LogP contribution in [0.3, 0.4) is 0 Å². The summed E-state index contributed by atoms with van der Waals surface area (Å²) >= 11 is 0. The Labute approximate surface area is 111 Å². The quantitative estimate of drug-likeness (QED) is 0.820. The van der Waals surface area contributed by atoms with Gasteiger partial charge in [0.2, 0.25) is 0 Å². The fraction of sp³-hybridized carbons (Fsp3) is 0.600. The highest BCUT2D eigenvalue weighted by Gasteiger charge is 2.57. The molecule has 1 aliphatic carbocycles. The lowest BCUT2D eigenvalue weighted by atomic mass is 9.59. The number of alkyl halides is 3. The second-order valence-electron chi connectivity index (χ2n) is 5.87. The summed E-state index contributed by atoms with van der Waals surface area (Å²) in [5.74, 6) is 0.382. The summed E-state index contributed by atoms with van der Waals surface area (Å²) in [6.07, 6.45) is -0.947. The Morgan fingerprint density at radius 3 is 2.58 bits per heavy atom. The summed E-state index contributed by atoms with van der Waals surface area (Å²) in [5, 5.41) is 2.78. The van der Waals surface area contributed by atoms with Crippen LogP contribution in [-0.4, -0.2) is 18.8 Å². The van der Waals surface area contributed by atoms with Gasteiger partial charge in [0.1, 0.15) is 6.04 Å². The van der Waals surface area contributed by atoms with E-state index in [-0.39, 0.29) is 0 Å². The molecule has 1 saturated heterocycles. The maximum absolute atomic E-state index is 13.4. The van der Waals surface area contributed by atoms with Gasteiger partial charge in [0.05, 0.1) is 0 Å². The molecule has 0 aromatic heterocycles. The summed E-state index contributed by atoms with van der Waals surface area (Å²) in [4.78, 5) is 0. The smallest absolute Gasteiger partial charge is 0.305 e. The van der Waals surface area contributed by atoms with E-state index in [2.05, 4.69) is 5.32 Å². The molecular weight excluding hydrogens is 251 g/mol. The van der Waals surface area contributed by atoms with E-state index in [4.69, 9.17) is 0 Å². The SMILES string of the molecule is FC(F)(F)C1NCC2CCCC1(c1ccccc1)C2. The van der Waals surface area contributed by atoms with Crippen molar-refractivity contribution in [1.29, 1.82) is 0 Å². The molecule has 1 saturated carbocycles. The van der Waals surface area contributed by atoms with Crippen LogP contribution in [0.2, 0.25) is 0 Å².